The minimum Gasteiger partial charge on any atom is -0.362 e. The van der Waals surface area contributed by atoms with Crippen LogP contribution in [-0.2, 0) is 6.54 Å². The number of thiocarbonyl (C=S) groups is 1. The molecule has 0 saturated carbocycles. The average molecular weight is 306 g/mol. The van der Waals surface area contributed by atoms with Crippen molar-refractivity contribution < 1.29 is 4.39 Å². The van der Waals surface area contributed by atoms with Crippen molar-refractivity contribution in [3.8, 4) is 0 Å². The number of halogens is 1. The number of anilines is 1. The molecule has 1 aromatic heterocycles. The third kappa shape index (κ3) is 4.82. The summed E-state index contributed by atoms with van der Waals surface area (Å²) < 4.78 is 15.3. The topological polar surface area (TPSA) is 41.9 Å². The van der Waals surface area contributed by atoms with Gasteiger partial charge in [0.15, 0.2) is 5.11 Å². The SMILES string of the molecule is CC(C)CNC(=S)Nc1cnn(Cc2ccccc2F)c1. The standard InChI is InChI=1S/C15H19FN4S/c1-11(2)7-17-15(21)19-13-8-18-20(10-13)9-12-5-3-4-6-14(12)16/h3-6,8,10-11H,7,9H2,1-2H3,(H2,17,19,21). The molecule has 21 heavy (non-hydrogen) atoms. The molecule has 2 rings (SSSR count). The second kappa shape index (κ2) is 7.17. The van der Waals surface area contributed by atoms with Gasteiger partial charge >= 0.3 is 0 Å². The summed E-state index contributed by atoms with van der Waals surface area (Å²) in [5, 5.41) is 10.9. The van der Waals surface area contributed by atoms with E-state index in [0.29, 0.717) is 23.1 Å². The number of aromatic nitrogens is 2. The molecule has 0 unspecified atom stereocenters. The normalized spacial score (nSPS) is 10.7. The zero-order valence-electron chi connectivity index (χ0n) is 12.1. The highest BCUT2D eigenvalue weighted by molar-refractivity contribution is 7.80. The van der Waals surface area contributed by atoms with E-state index >= 15 is 0 Å². The molecule has 0 atom stereocenters. The maximum Gasteiger partial charge on any atom is 0.170 e. The Bertz CT molecular complexity index is 609. The molecule has 1 heterocycles. The molecule has 0 saturated heterocycles. The molecule has 2 aromatic rings. The molecular weight excluding hydrogens is 287 g/mol. The molecule has 4 nitrogen and oxygen atoms in total. The maximum absolute atomic E-state index is 13.6. The van der Waals surface area contributed by atoms with Crippen LogP contribution in [0, 0.1) is 11.7 Å². The van der Waals surface area contributed by atoms with Gasteiger partial charge in [0.05, 0.1) is 18.4 Å². The summed E-state index contributed by atoms with van der Waals surface area (Å²) in [4.78, 5) is 0. The van der Waals surface area contributed by atoms with Gasteiger partial charge in [0.25, 0.3) is 0 Å². The van der Waals surface area contributed by atoms with Crippen molar-refractivity contribution in [2.75, 3.05) is 11.9 Å². The van der Waals surface area contributed by atoms with E-state index < -0.39 is 0 Å². The number of benzene rings is 1. The van der Waals surface area contributed by atoms with Crippen molar-refractivity contribution in [3.63, 3.8) is 0 Å². The zero-order valence-corrected chi connectivity index (χ0v) is 13.0. The summed E-state index contributed by atoms with van der Waals surface area (Å²) in [6.07, 6.45) is 3.47. The molecule has 0 bridgehead atoms. The van der Waals surface area contributed by atoms with Crippen LogP contribution in [0.5, 0.6) is 0 Å². The highest BCUT2D eigenvalue weighted by Crippen LogP contribution is 2.10. The largest absolute Gasteiger partial charge is 0.362 e. The maximum atomic E-state index is 13.6. The van der Waals surface area contributed by atoms with Crippen LogP contribution in [-0.4, -0.2) is 21.4 Å². The van der Waals surface area contributed by atoms with E-state index in [1.807, 2.05) is 6.07 Å². The Labute approximate surface area is 129 Å². The van der Waals surface area contributed by atoms with E-state index in [9.17, 15) is 4.39 Å². The van der Waals surface area contributed by atoms with Crippen LogP contribution in [0.15, 0.2) is 36.7 Å². The first kappa shape index (κ1) is 15.4. The Hall–Kier alpha value is -1.95. The molecule has 0 spiro atoms. The zero-order chi connectivity index (χ0) is 15.2. The van der Waals surface area contributed by atoms with Gasteiger partial charge in [-0.05, 0) is 24.2 Å². The Balaban J connectivity index is 1.92. The Morgan fingerprint density at radius 2 is 2.14 bits per heavy atom. The first-order chi connectivity index (χ1) is 10.0. The fraction of sp³-hybridized carbons (Fsp3) is 0.333. The number of rotatable bonds is 5. The van der Waals surface area contributed by atoms with Crippen molar-refractivity contribution in [1.29, 1.82) is 0 Å². The molecule has 112 valence electrons. The molecular formula is C15H19FN4S. The third-order valence-electron chi connectivity index (χ3n) is 2.85. The van der Waals surface area contributed by atoms with Crippen LogP contribution in [0.3, 0.4) is 0 Å². The fourth-order valence-corrected chi connectivity index (χ4v) is 1.99. The summed E-state index contributed by atoms with van der Waals surface area (Å²) in [5.41, 5.74) is 1.39. The van der Waals surface area contributed by atoms with E-state index in [1.165, 1.54) is 6.07 Å². The van der Waals surface area contributed by atoms with Crippen LogP contribution in [0.4, 0.5) is 10.1 Å². The van der Waals surface area contributed by atoms with Crippen LogP contribution in [0.1, 0.15) is 19.4 Å². The Kier molecular flexibility index (Phi) is 5.27. The van der Waals surface area contributed by atoms with Crippen LogP contribution in [0.25, 0.3) is 0 Å². The van der Waals surface area contributed by atoms with Crippen molar-refractivity contribution >= 4 is 23.0 Å². The van der Waals surface area contributed by atoms with Gasteiger partial charge in [0, 0.05) is 18.3 Å². The van der Waals surface area contributed by atoms with E-state index in [2.05, 4.69) is 29.6 Å². The second-order valence-corrected chi connectivity index (χ2v) is 5.66. The molecule has 0 aliphatic rings. The van der Waals surface area contributed by atoms with E-state index in [0.717, 1.165) is 12.2 Å². The highest BCUT2D eigenvalue weighted by atomic mass is 32.1. The summed E-state index contributed by atoms with van der Waals surface area (Å²) in [6.45, 7) is 5.43. The molecule has 2 N–H and O–H groups in total. The molecule has 0 aliphatic heterocycles. The van der Waals surface area contributed by atoms with Crippen molar-refractivity contribution in [2.45, 2.75) is 20.4 Å². The van der Waals surface area contributed by atoms with Crippen LogP contribution < -0.4 is 10.6 Å². The number of hydrogen-bond acceptors (Lipinski definition) is 2. The molecule has 0 radical (unpaired) electrons. The van der Waals surface area contributed by atoms with Gasteiger partial charge in [0.1, 0.15) is 5.82 Å². The van der Waals surface area contributed by atoms with Crippen molar-refractivity contribution in [3.05, 3.63) is 48.0 Å². The predicted molar refractivity (Wildman–Crippen MR) is 86.8 cm³/mol. The van der Waals surface area contributed by atoms with Gasteiger partial charge in [0.2, 0.25) is 0 Å². The first-order valence-corrected chi connectivity index (χ1v) is 7.26. The fourth-order valence-electron chi connectivity index (χ4n) is 1.79. The smallest absolute Gasteiger partial charge is 0.170 e. The molecule has 0 aliphatic carbocycles. The Morgan fingerprint density at radius 1 is 1.38 bits per heavy atom. The third-order valence-corrected chi connectivity index (χ3v) is 3.10. The van der Waals surface area contributed by atoms with Gasteiger partial charge < -0.3 is 10.6 Å². The van der Waals surface area contributed by atoms with Gasteiger partial charge in [-0.25, -0.2) is 4.39 Å². The summed E-state index contributed by atoms with van der Waals surface area (Å²) in [6, 6.07) is 6.68. The van der Waals surface area contributed by atoms with Gasteiger partial charge in [-0.1, -0.05) is 32.0 Å². The van der Waals surface area contributed by atoms with Crippen LogP contribution >= 0.6 is 12.2 Å². The lowest BCUT2D eigenvalue weighted by Gasteiger charge is -2.10. The summed E-state index contributed by atoms with van der Waals surface area (Å²) in [7, 11) is 0. The molecule has 0 amide bonds. The molecule has 0 fully saturated rings. The highest BCUT2D eigenvalue weighted by Gasteiger charge is 2.05. The lowest BCUT2D eigenvalue weighted by atomic mass is 10.2. The van der Waals surface area contributed by atoms with Gasteiger partial charge in [-0.15, -0.1) is 0 Å². The first-order valence-electron chi connectivity index (χ1n) is 6.85. The summed E-state index contributed by atoms with van der Waals surface area (Å²) in [5.74, 6) is 0.296. The predicted octanol–water partition coefficient (Wildman–Crippen LogP) is 3.01. The van der Waals surface area contributed by atoms with Gasteiger partial charge in [-0.2, -0.15) is 5.10 Å². The van der Waals surface area contributed by atoms with Crippen LogP contribution in [0.2, 0.25) is 0 Å². The molecule has 6 heteroatoms. The minimum atomic E-state index is -0.225. The van der Waals surface area contributed by atoms with Gasteiger partial charge in [-0.3, -0.25) is 4.68 Å². The Morgan fingerprint density at radius 3 is 2.86 bits per heavy atom. The quantitative estimate of drug-likeness (QED) is 0.833. The lowest BCUT2D eigenvalue weighted by molar-refractivity contribution is 0.585. The summed E-state index contributed by atoms with van der Waals surface area (Å²) >= 11 is 5.19. The minimum absolute atomic E-state index is 0.225. The van der Waals surface area contributed by atoms with E-state index in [4.69, 9.17) is 12.2 Å². The average Bonchev–Trinajstić information content (AvgIpc) is 2.86. The number of nitrogens with zero attached hydrogens (tertiary/aromatic N) is 2. The monoisotopic (exact) mass is 306 g/mol. The van der Waals surface area contributed by atoms with E-state index in [-0.39, 0.29) is 5.82 Å². The lowest BCUT2D eigenvalue weighted by Crippen LogP contribution is -2.31. The molecule has 1 aromatic carbocycles. The number of hydrogen-bond donors (Lipinski definition) is 2. The second-order valence-electron chi connectivity index (χ2n) is 5.25. The van der Waals surface area contributed by atoms with Crippen molar-refractivity contribution in [2.24, 2.45) is 5.92 Å². The van der Waals surface area contributed by atoms with E-state index in [1.54, 1.807) is 29.2 Å². The van der Waals surface area contributed by atoms with Crippen molar-refractivity contribution in [1.82, 2.24) is 15.1 Å². The number of nitrogens with one attached hydrogen (secondary N) is 2.